The van der Waals surface area contributed by atoms with E-state index in [2.05, 4.69) is 0 Å². The summed E-state index contributed by atoms with van der Waals surface area (Å²) in [6.45, 7) is 1.87. The number of alkyl halides is 1. The summed E-state index contributed by atoms with van der Waals surface area (Å²) in [5.41, 5.74) is -0.715. The molecule has 0 aromatic rings. The second-order valence-corrected chi connectivity index (χ2v) is 3.48. The van der Waals surface area contributed by atoms with Gasteiger partial charge in [0.2, 0.25) is 0 Å². The van der Waals surface area contributed by atoms with E-state index < -0.39 is 11.5 Å². The van der Waals surface area contributed by atoms with Gasteiger partial charge in [0.15, 0.2) is 0 Å². The van der Waals surface area contributed by atoms with Crippen LogP contribution in [-0.2, 0) is 0 Å². The molecule has 1 fully saturated rings. The molecule has 1 saturated heterocycles. The Kier molecular flexibility index (Phi) is 3.28. The number of nitrogens with zero attached hydrogens (tertiary/aromatic N) is 2. The molecule has 1 aliphatic rings. The maximum Gasteiger partial charge on any atom is 0.0778 e. The summed E-state index contributed by atoms with van der Waals surface area (Å²) in [5.74, 6) is -0.319. The predicted octanol–water partition coefficient (Wildman–Crippen LogP) is 0.949. The van der Waals surface area contributed by atoms with Crippen molar-refractivity contribution in [2.75, 3.05) is 6.54 Å². The van der Waals surface area contributed by atoms with Crippen molar-refractivity contribution in [2.45, 2.75) is 24.9 Å². The first-order valence-electron chi connectivity index (χ1n) is 3.77. The van der Waals surface area contributed by atoms with Crippen molar-refractivity contribution in [2.24, 2.45) is 5.92 Å². The molecule has 72 valence electrons. The molecule has 0 aliphatic carbocycles. The normalized spacial score (nSPS) is 39.0. The Bertz CT molecular complexity index is 158. The van der Waals surface area contributed by atoms with Crippen molar-refractivity contribution in [1.29, 1.82) is 0 Å². The van der Waals surface area contributed by atoms with E-state index in [1.165, 1.54) is 0 Å². The predicted molar refractivity (Wildman–Crippen MR) is 44.3 cm³/mol. The molecule has 0 aromatic carbocycles. The van der Waals surface area contributed by atoms with Gasteiger partial charge in [-0.15, -0.1) is 11.6 Å². The van der Waals surface area contributed by atoms with Gasteiger partial charge >= 0.3 is 0 Å². The van der Waals surface area contributed by atoms with E-state index >= 15 is 0 Å². The zero-order chi connectivity index (χ0) is 9.30. The minimum absolute atomic E-state index is 0.104. The third kappa shape index (κ3) is 1.87. The lowest BCUT2D eigenvalue weighted by atomic mass is 9.95. The number of hydrogen-bond acceptors (Lipinski definition) is 5. The second kappa shape index (κ2) is 3.87. The molecular formula is C6H11ClN2O3-2. The lowest BCUT2D eigenvalue weighted by Gasteiger charge is -2.48. The van der Waals surface area contributed by atoms with Crippen LogP contribution in [-0.4, -0.2) is 33.6 Å². The molecule has 0 amide bonds. The van der Waals surface area contributed by atoms with E-state index in [9.17, 15) is 10.4 Å². The summed E-state index contributed by atoms with van der Waals surface area (Å²) in [7, 11) is 0. The maximum atomic E-state index is 11.0. The van der Waals surface area contributed by atoms with Crippen LogP contribution in [0.2, 0.25) is 0 Å². The summed E-state index contributed by atoms with van der Waals surface area (Å²) in [6.07, 6.45) is 0.355. The molecule has 0 spiro atoms. The molecule has 6 heteroatoms. The number of piperidine rings is 1. The van der Waals surface area contributed by atoms with E-state index in [1.807, 2.05) is 0 Å². The van der Waals surface area contributed by atoms with Gasteiger partial charge in [-0.2, -0.15) is 0 Å². The van der Waals surface area contributed by atoms with Gasteiger partial charge in [-0.25, -0.2) is 0 Å². The van der Waals surface area contributed by atoms with Gasteiger partial charge in [0.1, 0.15) is 0 Å². The average Bonchev–Trinajstić information content (AvgIpc) is 2.00. The first kappa shape index (κ1) is 10.2. The summed E-state index contributed by atoms with van der Waals surface area (Å²) in [5, 5.41) is 30.8. The number of hydrogen-bond donors (Lipinski definition) is 1. The van der Waals surface area contributed by atoms with Gasteiger partial charge in [0, 0.05) is 12.0 Å². The summed E-state index contributed by atoms with van der Waals surface area (Å²) < 4.78 is 0. The van der Waals surface area contributed by atoms with Gasteiger partial charge in [-0.05, 0) is 13.0 Å². The van der Waals surface area contributed by atoms with E-state index in [0.29, 0.717) is 6.42 Å². The van der Waals surface area contributed by atoms with Crippen LogP contribution in [0.25, 0.3) is 0 Å². The Morgan fingerprint density at radius 2 is 2.25 bits per heavy atom. The first-order valence-corrected chi connectivity index (χ1v) is 4.20. The molecule has 3 atom stereocenters. The molecule has 0 aromatic heterocycles. The first-order chi connectivity index (χ1) is 5.54. The fourth-order valence-electron chi connectivity index (χ4n) is 1.40. The molecule has 0 saturated carbocycles. The maximum absolute atomic E-state index is 11.0. The van der Waals surface area contributed by atoms with Crippen molar-refractivity contribution in [1.82, 2.24) is 10.3 Å². The lowest BCUT2D eigenvalue weighted by molar-refractivity contribution is -0.111. The SMILES string of the molecule is CC1C(N([O-])O)CCN([O-])C1Cl. The Morgan fingerprint density at radius 3 is 2.75 bits per heavy atom. The van der Waals surface area contributed by atoms with Gasteiger partial charge in [-0.1, -0.05) is 6.92 Å². The Morgan fingerprint density at radius 1 is 1.67 bits per heavy atom. The van der Waals surface area contributed by atoms with E-state index in [0.717, 1.165) is 5.06 Å². The van der Waals surface area contributed by atoms with Gasteiger partial charge in [0.25, 0.3) is 0 Å². The topological polar surface area (TPSA) is 72.8 Å². The molecule has 0 radical (unpaired) electrons. The van der Waals surface area contributed by atoms with Crippen molar-refractivity contribution in [3.05, 3.63) is 10.4 Å². The van der Waals surface area contributed by atoms with E-state index in [-0.39, 0.29) is 17.7 Å². The molecule has 12 heavy (non-hydrogen) atoms. The second-order valence-electron chi connectivity index (χ2n) is 3.03. The molecule has 1 N–H and O–H groups in total. The van der Waals surface area contributed by atoms with Crippen molar-refractivity contribution in [3.63, 3.8) is 0 Å². The van der Waals surface area contributed by atoms with Crippen LogP contribution in [0.3, 0.4) is 0 Å². The third-order valence-electron chi connectivity index (χ3n) is 2.24. The molecule has 1 heterocycles. The molecule has 1 aliphatic heterocycles. The third-order valence-corrected chi connectivity index (χ3v) is 2.86. The van der Waals surface area contributed by atoms with E-state index in [4.69, 9.17) is 16.8 Å². The van der Waals surface area contributed by atoms with Crippen LogP contribution < -0.4 is 0 Å². The van der Waals surface area contributed by atoms with Crippen molar-refractivity contribution < 1.29 is 5.21 Å². The van der Waals surface area contributed by atoms with Gasteiger partial charge in [0.05, 0.1) is 5.50 Å². The Labute approximate surface area is 75.6 Å². The van der Waals surface area contributed by atoms with Crippen molar-refractivity contribution in [3.8, 4) is 0 Å². The fraction of sp³-hybridized carbons (Fsp3) is 1.00. The van der Waals surface area contributed by atoms with Crippen LogP contribution in [0, 0.1) is 16.3 Å². The molecule has 1 rings (SSSR count). The minimum atomic E-state index is -0.715. The van der Waals surface area contributed by atoms with Gasteiger partial charge in [-0.3, -0.25) is 5.23 Å². The van der Waals surface area contributed by atoms with Crippen LogP contribution in [0.4, 0.5) is 0 Å². The summed E-state index contributed by atoms with van der Waals surface area (Å²) in [6, 6.07) is -0.558. The van der Waals surface area contributed by atoms with E-state index in [1.54, 1.807) is 6.92 Å². The summed E-state index contributed by atoms with van der Waals surface area (Å²) in [4.78, 5) is 0. The molecule has 0 bridgehead atoms. The number of hydroxylamine groups is 4. The minimum Gasteiger partial charge on any atom is -0.784 e. The summed E-state index contributed by atoms with van der Waals surface area (Å²) >= 11 is 5.69. The standard InChI is InChI=1S/C6H11ClN2O3/c1-4-5(9(11)12)2-3-8(10)6(4)7/h4-6,11H,2-3H2,1H3/q-2. The van der Waals surface area contributed by atoms with Gasteiger partial charge < -0.3 is 20.7 Å². The van der Waals surface area contributed by atoms with Crippen LogP contribution in [0.1, 0.15) is 13.3 Å². The number of halogens is 1. The Hall–Kier alpha value is 0.0900. The Balaban J connectivity index is 2.58. The van der Waals surface area contributed by atoms with Crippen LogP contribution in [0.5, 0.6) is 0 Å². The van der Waals surface area contributed by atoms with Crippen LogP contribution in [0.15, 0.2) is 0 Å². The smallest absolute Gasteiger partial charge is 0.0778 e. The van der Waals surface area contributed by atoms with Crippen LogP contribution >= 0.6 is 11.6 Å². The highest BCUT2D eigenvalue weighted by Gasteiger charge is 2.30. The highest BCUT2D eigenvalue weighted by molar-refractivity contribution is 6.20. The average molecular weight is 195 g/mol. The quantitative estimate of drug-likeness (QED) is 0.382. The zero-order valence-corrected chi connectivity index (χ0v) is 7.44. The number of rotatable bonds is 1. The highest BCUT2D eigenvalue weighted by Crippen LogP contribution is 2.27. The molecule has 5 nitrogen and oxygen atoms in total. The highest BCUT2D eigenvalue weighted by atomic mass is 35.5. The fourth-order valence-corrected chi connectivity index (χ4v) is 1.67. The molecule has 3 unspecified atom stereocenters. The zero-order valence-electron chi connectivity index (χ0n) is 6.68. The largest absolute Gasteiger partial charge is 0.784 e. The molecular weight excluding hydrogens is 184 g/mol. The lowest BCUT2D eigenvalue weighted by Crippen LogP contribution is -2.49. The monoisotopic (exact) mass is 194 g/mol. The van der Waals surface area contributed by atoms with Crippen molar-refractivity contribution >= 4 is 11.6 Å².